The van der Waals surface area contributed by atoms with Crippen LogP contribution in [0, 0.1) is 5.82 Å². The first-order valence-electron chi connectivity index (χ1n) is 8.45. The van der Waals surface area contributed by atoms with Gasteiger partial charge in [-0.15, -0.1) is 0 Å². The van der Waals surface area contributed by atoms with E-state index in [1.807, 2.05) is 0 Å². The number of rotatable bonds is 5. The van der Waals surface area contributed by atoms with E-state index in [4.69, 9.17) is 0 Å². The number of nitrogens with zero attached hydrogens (tertiary/aromatic N) is 2. The number of aromatic nitrogens is 2. The fraction of sp³-hybridized carbons (Fsp3) is 0.444. The molecule has 0 unspecified atom stereocenters. The lowest BCUT2D eigenvalue weighted by atomic mass is 9.93. The fourth-order valence-electron chi connectivity index (χ4n) is 3.26. The molecule has 0 spiro atoms. The highest BCUT2D eigenvalue weighted by molar-refractivity contribution is 6.04. The van der Waals surface area contributed by atoms with E-state index in [-0.39, 0.29) is 5.56 Å². The van der Waals surface area contributed by atoms with Crippen LogP contribution in [0.4, 0.5) is 10.1 Å². The predicted octanol–water partition coefficient (Wildman–Crippen LogP) is 2.81. The first-order valence-corrected chi connectivity index (χ1v) is 8.45. The van der Waals surface area contributed by atoms with Crippen LogP contribution in [0.1, 0.15) is 47.5 Å². The van der Waals surface area contributed by atoms with Crippen molar-refractivity contribution in [3.05, 3.63) is 47.5 Å². The topological polar surface area (TPSA) is 59.0 Å². The Bertz CT molecular complexity index is 768. The Hall–Kier alpha value is -2.21. The van der Waals surface area contributed by atoms with E-state index < -0.39 is 11.7 Å². The SMILES string of the molecule is Cn1cc(NC(=O)c2cc([C@@H]3C[C@H]3NC3CCC3)ccc2F)cn1. The van der Waals surface area contributed by atoms with Crippen molar-refractivity contribution in [1.29, 1.82) is 0 Å². The highest BCUT2D eigenvalue weighted by Gasteiger charge is 2.40. The van der Waals surface area contributed by atoms with Gasteiger partial charge in [-0.05, 0) is 37.0 Å². The summed E-state index contributed by atoms with van der Waals surface area (Å²) in [5, 5.41) is 10.3. The lowest BCUT2D eigenvalue weighted by molar-refractivity contribution is 0.102. The average Bonchev–Trinajstić information content (AvgIpc) is 3.17. The van der Waals surface area contributed by atoms with E-state index in [1.54, 1.807) is 36.3 Å². The van der Waals surface area contributed by atoms with Crippen LogP contribution < -0.4 is 10.6 Å². The van der Waals surface area contributed by atoms with Gasteiger partial charge < -0.3 is 10.6 Å². The zero-order valence-corrected chi connectivity index (χ0v) is 13.6. The Morgan fingerprint density at radius 2 is 2.21 bits per heavy atom. The molecule has 2 atom stereocenters. The highest BCUT2D eigenvalue weighted by Crippen LogP contribution is 2.42. The van der Waals surface area contributed by atoms with E-state index in [0.717, 1.165) is 12.0 Å². The van der Waals surface area contributed by atoms with E-state index in [1.165, 1.54) is 25.3 Å². The van der Waals surface area contributed by atoms with Crippen LogP contribution in [-0.2, 0) is 7.05 Å². The molecule has 0 aliphatic heterocycles. The van der Waals surface area contributed by atoms with E-state index in [9.17, 15) is 9.18 Å². The fourth-order valence-corrected chi connectivity index (χ4v) is 3.26. The molecule has 2 aliphatic carbocycles. The van der Waals surface area contributed by atoms with E-state index in [0.29, 0.717) is 23.7 Å². The molecule has 5 nitrogen and oxygen atoms in total. The monoisotopic (exact) mass is 328 g/mol. The van der Waals surface area contributed by atoms with Gasteiger partial charge in [0.1, 0.15) is 5.82 Å². The Labute approximate surface area is 140 Å². The van der Waals surface area contributed by atoms with Crippen molar-refractivity contribution in [3.63, 3.8) is 0 Å². The van der Waals surface area contributed by atoms with E-state index in [2.05, 4.69) is 15.7 Å². The van der Waals surface area contributed by atoms with Gasteiger partial charge in [0.15, 0.2) is 0 Å². The van der Waals surface area contributed by atoms with Gasteiger partial charge in [-0.2, -0.15) is 5.10 Å². The summed E-state index contributed by atoms with van der Waals surface area (Å²) in [6, 6.07) is 5.99. The molecule has 1 aromatic carbocycles. The molecule has 6 heteroatoms. The number of hydrogen-bond donors (Lipinski definition) is 2. The van der Waals surface area contributed by atoms with Gasteiger partial charge in [-0.3, -0.25) is 9.48 Å². The Kier molecular flexibility index (Phi) is 3.84. The molecule has 2 saturated carbocycles. The smallest absolute Gasteiger partial charge is 0.258 e. The minimum absolute atomic E-state index is 0.0886. The van der Waals surface area contributed by atoms with Gasteiger partial charge in [0.25, 0.3) is 5.91 Å². The highest BCUT2D eigenvalue weighted by atomic mass is 19.1. The van der Waals surface area contributed by atoms with Crippen LogP contribution in [0.2, 0.25) is 0 Å². The molecule has 1 amide bonds. The molecular weight excluding hydrogens is 307 g/mol. The zero-order chi connectivity index (χ0) is 16.7. The summed E-state index contributed by atoms with van der Waals surface area (Å²) in [5.74, 6) is -0.549. The first-order chi connectivity index (χ1) is 11.6. The predicted molar refractivity (Wildman–Crippen MR) is 89.5 cm³/mol. The van der Waals surface area contributed by atoms with Gasteiger partial charge in [0, 0.05) is 31.2 Å². The molecule has 0 bridgehead atoms. The summed E-state index contributed by atoms with van der Waals surface area (Å²) in [4.78, 5) is 12.4. The minimum atomic E-state index is -0.496. The normalized spacial score (nSPS) is 22.9. The van der Waals surface area contributed by atoms with Crippen molar-refractivity contribution >= 4 is 11.6 Å². The maximum Gasteiger partial charge on any atom is 0.258 e. The molecule has 4 rings (SSSR count). The minimum Gasteiger partial charge on any atom is -0.319 e. The molecule has 2 aromatic rings. The second kappa shape index (κ2) is 6.02. The van der Waals surface area contributed by atoms with Crippen LogP contribution in [0.3, 0.4) is 0 Å². The van der Waals surface area contributed by atoms with Gasteiger partial charge in [0.05, 0.1) is 17.4 Å². The molecule has 2 aliphatic rings. The number of hydrogen-bond acceptors (Lipinski definition) is 3. The van der Waals surface area contributed by atoms with Crippen LogP contribution in [0.5, 0.6) is 0 Å². The van der Waals surface area contributed by atoms with Gasteiger partial charge >= 0.3 is 0 Å². The summed E-state index contributed by atoms with van der Waals surface area (Å²) in [6.07, 6.45) is 8.10. The summed E-state index contributed by atoms with van der Waals surface area (Å²) in [6.45, 7) is 0. The third-order valence-electron chi connectivity index (χ3n) is 4.97. The number of benzene rings is 1. The van der Waals surface area contributed by atoms with Gasteiger partial charge in [-0.25, -0.2) is 4.39 Å². The van der Waals surface area contributed by atoms with E-state index >= 15 is 0 Å². The van der Waals surface area contributed by atoms with Crippen LogP contribution in [0.15, 0.2) is 30.6 Å². The van der Waals surface area contributed by atoms with Crippen molar-refractivity contribution < 1.29 is 9.18 Å². The molecule has 1 aromatic heterocycles. The second-order valence-corrected chi connectivity index (χ2v) is 6.84. The number of anilines is 1. The van der Waals surface area contributed by atoms with Gasteiger partial charge in [-0.1, -0.05) is 12.5 Å². The third kappa shape index (κ3) is 3.06. The summed E-state index contributed by atoms with van der Waals surface area (Å²) in [5.41, 5.74) is 1.68. The largest absolute Gasteiger partial charge is 0.319 e. The third-order valence-corrected chi connectivity index (χ3v) is 4.97. The molecule has 0 radical (unpaired) electrons. The lowest BCUT2D eigenvalue weighted by Crippen LogP contribution is -2.37. The maximum absolute atomic E-state index is 14.1. The van der Waals surface area contributed by atoms with Crippen molar-refractivity contribution in [2.45, 2.75) is 43.7 Å². The molecular formula is C18H21FN4O. The van der Waals surface area contributed by atoms with Crippen molar-refractivity contribution in [3.8, 4) is 0 Å². The first kappa shape index (κ1) is 15.3. The zero-order valence-electron chi connectivity index (χ0n) is 13.6. The number of carbonyl (C=O) groups is 1. The van der Waals surface area contributed by atoms with Gasteiger partial charge in [0.2, 0.25) is 0 Å². The number of amides is 1. The van der Waals surface area contributed by atoms with Crippen molar-refractivity contribution in [2.75, 3.05) is 5.32 Å². The number of carbonyl (C=O) groups excluding carboxylic acids is 1. The summed E-state index contributed by atoms with van der Waals surface area (Å²) < 4.78 is 15.7. The van der Waals surface area contributed by atoms with Crippen molar-refractivity contribution in [2.24, 2.45) is 7.05 Å². The van der Waals surface area contributed by atoms with Crippen LogP contribution in [0.25, 0.3) is 0 Å². The lowest BCUT2D eigenvalue weighted by Gasteiger charge is -2.26. The Balaban J connectivity index is 1.46. The molecule has 0 saturated heterocycles. The molecule has 1 heterocycles. The molecule has 2 fully saturated rings. The summed E-state index contributed by atoms with van der Waals surface area (Å²) in [7, 11) is 1.76. The number of nitrogens with one attached hydrogen (secondary N) is 2. The number of halogens is 1. The van der Waals surface area contributed by atoms with Crippen LogP contribution >= 0.6 is 0 Å². The summed E-state index contributed by atoms with van der Waals surface area (Å²) >= 11 is 0. The quantitative estimate of drug-likeness (QED) is 0.887. The Morgan fingerprint density at radius 1 is 1.38 bits per heavy atom. The Morgan fingerprint density at radius 3 is 2.88 bits per heavy atom. The molecule has 24 heavy (non-hydrogen) atoms. The molecule has 126 valence electrons. The second-order valence-electron chi connectivity index (χ2n) is 6.84. The maximum atomic E-state index is 14.1. The number of aryl methyl sites for hydroxylation is 1. The van der Waals surface area contributed by atoms with Crippen LogP contribution in [-0.4, -0.2) is 27.8 Å². The van der Waals surface area contributed by atoms with Crippen molar-refractivity contribution in [1.82, 2.24) is 15.1 Å². The standard InChI is InChI=1S/C18H21FN4O/c1-23-10-13(9-20-23)22-18(24)15-7-11(5-6-16(15)19)14-8-17(14)21-12-3-2-4-12/h5-7,9-10,12,14,17,21H,2-4,8H2,1H3,(H,22,24)/t14-,17+/m0/s1. The average molecular weight is 328 g/mol. The molecule has 2 N–H and O–H groups in total.